The molecule has 1 aliphatic heterocycles. The zero-order chi connectivity index (χ0) is 19.3. The predicted molar refractivity (Wildman–Crippen MR) is 108 cm³/mol. The fourth-order valence-electron chi connectivity index (χ4n) is 3.56. The third kappa shape index (κ3) is 4.12. The van der Waals surface area contributed by atoms with E-state index in [1.807, 2.05) is 30.3 Å². The molecular weight excluding hydrogens is 356 g/mol. The van der Waals surface area contributed by atoms with Crippen molar-refractivity contribution >= 4 is 5.69 Å². The van der Waals surface area contributed by atoms with Crippen molar-refractivity contribution in [3.05, 3.63) is 71.0 Å². The Morgan fingerprint density at radius 1 is 0.929 bits per heavy atom. The molecule has 0 saturated carbocycles. The van der Waals surface area contributed by atoms with E-state index in [1.54, 1.807) is 7.11 Å². The molecule has 1 saturated heterocycles. The topological polar surface area (TPSA) is 59.1 Å². The van der Waals surface area contributed by atoms with E-state index < -0.39 is 5.82 Å². The number of hydrogen-bond acceptors (Lipinski definition) is 6. The molecule has 6 heteroatoms. The van der Waals surface area contributed by atoms with E-state index in [0.29, 0.717) is 17.9 Å². The van der Waals surface area contributed by atoms with E-state index in [0.717, 1.165) is 44.0 Å². The van der Waals surface area contributed by atoms with Crippen LogP contribution in [0.4, 0.5) is 5.69 Å². The van der Waals surface area contributed by atoms with Crippen LogP contribution in [0.5, 0.6) is 5.75 Å². The Kier molecular flexibility index (Phi) is 5.48. The molecule has 0 unspecified atom stereocenters. The molecule has 4 rings (SSSR count). The highest BCUT2D eigenvalue weighted by Crippen LogP contribution is 2.26. The first kappa shape index (κ1) is 18.4. The van der Waals surface area contributed by atoms with Gasteiger partial charge in [-0.25, -0.2) is 4.79 Å². The van der Waals surface area contributed by atoms with Gasteiger partial charge in [-0.2, -0.15) is 0 Å². The minimum atomic E-state index is -0.658. The van der Waals surface area contributed by atoms with Gasteiger partial charge in [0.15, 0.2) is 11.5 Å². The molecule has 0 spiro atoms. The first-order valence-electron chi connectivity index (χ1n) is 9.52. The van der Waals surface area contributed by atoms with Crippen LogP contribution in [0.25, 0.3) is 11.3 Å². The third-order valence-electron chi connectivity index (χ3n) is 5.15. The molecule has 1 aliphatic rings. The summed E-state index contributed by atoms with van der Waals surface area (Å²) in [4.78, 5) is 16.5. The molecule has 2 aromatic carbocycles. The van der Waals surface area contributed by atoms with Crippen LogP contribution in [0.1, 0.15) is 5.76 Å². The summed E-state index contributed by atoms with van der Waals surface area (Å²) in [5.74, 6) is 1.21. The average molecular weight is 380 g/mol. The fraction of sp³-hybridized carbons (Fsp3) is 0.318. The van der Waals surface area contributed by atoms with Crippen molar-refractivity contribution in [3.63, 3.8) is 0 Å². The van der Waals surface area contributed by atoms with Crippen LogP contribution in [0.2, 0.25) is 0 Å². The minimum Gasteiger partial charge on any atom is -0.497 e. The Morgan fingerprint density at radius 3 is 2.32 bits per heavy atom. The van der Waals surface area contributed by atoms with Crippen molar-refractivity contribution < 1.29 is 13.6 Å². The van der Waals surface area contributed by atoms with E-state index >= 15 is 0 Å². The average Bonchev–Trinajstić information content (AvgIpc) is 3.14. The fourth-order valence-corrected chi connectivity index (χ4v) is 3.56. The van der Waals surface area contributed by atoms with Crippen molar-refractivity contribution in [2.75, 3.05) is 44.7 Å². The summed E-state index contributed by atoms with van der Waals surface area (Å²) in [6.45, 7) is 4.77. The Labute approximate surface area is 163 Å². The van der Waals surface area contributed by atoms with Gasteiger partial charge in [0.2, 0.25) is 0 Å². The van der Waals surface area contributed by atoms with E-state index in [1.165, 1.54) is 5.69 Å². The molecule has 1 aromatic heterocycles. The smallest absolute Gasteiger partial charge is 0.497 e. The summed E-state index contributed by atoms with van der Waals surface area (Å²) in [5.41, 5.74) is 2.08. The van der Waals surface area contributed by atoms with Crippen molar-refractivity contribution in [2.24, 2.45) is 0 Å². The molecule has 0 N–H and O–H groups in total. The van der Waals surface area contributed by atoms with E-state index in [-0.39, 0.29) is 0 Å². The number of rotatable bonds is 6. The largest absolute Gasteiger partial charge is 0.519 e. The molecule has 28 heavy (non-hydrogen) atoms. The lowest BCUT2D eigenvalue weighted by Gasteiger charge is -2.36. The number of hydrogen-bond donors (Lipinski definition) is 0. The summed E-state index contributed by atoms with van der Waals surface area (Å²) < 4.78 is 15.8. The molecule has 0 radical (unpaired) electrons. The third-order valence-corrected chi connectivity index (χ3v) is 5.15. The summed E-state index contributed by atoms with van der Waals surface area (Å²) in [6.07, 6.45) is 0.637. The minimum absolute atomic E-state index is 0.510. The number of anilines is 1. The van der Waals surface area contributed by atoms with Gasteiger partial charge in [0.1, 0.15) is 5.75 Å². The molecule has 0 atom stereocenters. The van der Waals surface area contributed by atoms with Crippen LogP contribution >= 0.6 is 0 Å². The van der Waals surface area contributed by atoms with Crippen LogP contribution in [0, 0.1) is 0 Å². The van der Waals surface area contributed by atoms with E-state index in [9.17, 15) is 4.79 Å². The molecule has 2 heterocycles. The number of methoxy groups -OCH3 is 1. The maximum atomic E-state index is 11.7. The van der Waals surface area contributed by atoms with Crippen molar-refractivity contribution in [1.29, 1.82) is 0 Å². The lowest BCUT2D eigenvalue weighted by Crippen LogP contribution is -2.47. The molecule has 6 nitrogen and oxygen atoms in total. The lowest BCUT2D eigenvalue weighted by atomic mass is 10.1. The highest BCUT2D eigenvalue weighted by atomic mass is 16.6. The second-order valence-corrected chi connectivity index (χ2v) is 6.85. The molecular formula is C22H24N2O4. The zero-order valence-electron chi connectivity index (χ0n) is 16.0. The van der Waals surface area contributed by atoms with Crippen LogP contribution in [-0.2, 0) is 6.42 Å². The number of ether oxygens (including phenoxy) is 1. The summed E-state index contributed by atoms with van der Waals surface area (Å²) in [6, 6.07) is 17.9. The second-order valence-electron chi connectivity index (χ2n) is 6.85. The summed E-state index contributed by atoms with van der Waals surface area (Å²) in [5, 5.41) is 0. The van der Waals surface area contributed by atoms with Gasteiger partial charge in [-0.05, 0) is 36.4 Å². The van der Waals surface area contributed by atoms with Crippen molar-refractivity contribution in [2.45, 2.75) is 6.42 Å². The Morgan fingerprint density at radius 2 is 1.64 bits per heavy atom. The number of piperazine rings is 1. The Bertz CT molecular complexity index is 939. The number of benzene rings is 2. The standard InChI is InChI=1S/C22H24N2O4/c1-26-19-9-7-17(8-10-19)21-20(27-22(25)28-21)11-12-23-13-15-24(16-14-23)18-5-3-2-4-6-18/h2-10H,11-16H2,1H3. The molecule has 0 amide bonds. The van der Waals surface area contributed by atoms with Crippen LogP contribution in [0.15, 0.2) is 68.2 Å². The Balaban J connectivity index is 1.37. The first-order chi connectivity index (χ1) is 13.7. The van der Waals surface area contributed by atoms with Crippen molar-refractivity contribution in [1.82, 2.24) is 4.90 Å². The lowest BCUT2D eigenvalue weighted by molar-refractivity contribution is 0.254. The maximum absolute atomic E-state index is 11.7. The molecule has 146 valence electrons. The highest BCUT2D eigenvalue weighted by Gasteiger charge is 2.20. The van der Waals surface area contributed by atoms with Crippen molar-refractivity contribution in [3.8, 4) is 17.1 Å². The highest BCUT2D eigenvalue weighted by molar-refractivity contribution is 5.60. The summed E-state index contributed by atoms with van der Waals surface area (Å²) in [7, 11) is 1.62. The van der Waals surface area contributed by atoms with Crippen LogP contribution in [0.3, 0.4) is 0 Å². The maximum Gasteiger partial charge on any atom is 0.519 e. The van der Waals surface area contributed by atoms with Crippen LogP contribution < -0.4 is 15.5 Å². The van der Waals surface area contributed by atoms with E-state index in [2.05, 4.69) is 34.1 Å². The summed E-state index contributed by atoms with van der Waals surface area (Å²) >= 11 is 0. The SMILES string of the molecule is COc1ccc(-c2oc(=O)oc2CCN2CCN(c3ccccc3)CC2)cc1. The zero-order valence-corrected chi connectivity index (χ0v) is 16.0. The van der Waals surface area contributed by atoms with Gasteiger partial charge < -0.3 is 18.5 Å². The van der Waals surface area contributed by atoms with Gasteiger partial charge in [0.25, 0.3) is 0 Å². The van der Waals surface area contributed by atoms with Gasteiger partial charge in [0, 0.05) is 50.4 Å². The Hall–Kier alpha value is -2.99. The van der Waals surface area contributed by atoms with Gasteiger partial charge >= 0.3 is 5.82 Å². The van der Waals surface area contributed by atoms with Gasteiger partial charge in [-0.15, -0.1) is 0 Å². The number of nitrogens with zero attached hydrogens (tertiary/aromatic N) is 2. The quantitative estimate of drug-likeness (QED) is 0.654. The normalized spacial score (nSPS) is 15.0. The monoisotopic (exact) mass is 380 g/mol. The second kappa shape index (κ2) is 8.35. The molecule has 0 bridgehead atoms. The van der Waals surface area contributed by atoms with Gasteiger partial charge in [-0.3, -0.25) is 4.90 Å². The van der Waals surface area contributed by atoms with Gasteiger partial charge in [-0.1, -0.05) is 18.2 Å². The molecule has 0 aliphatic carbocycles. The number of para-hydroxylation sites is 1. The van der Waals surface area contributed by atoms with Gasteiger partial charge in [0.05, 0.1) is 7.11 Å². The first-order valence-corrected chi connectivity index (χ1v) is 9.52. The molecule has 3 aromatic rings. The van der Waals surface area contributed by atoms with E-state index in [4.69, 9.17) is 13.6 Å². The predicted octanol–water partition coefficient (Wildman–Crippen LogP) is 3.27. The molecule has 1 fully saturated rings. The van der Waals surface area contributed by atoms with Crippen LogP contribution in [-0.4, -0.2) is 44.7 Å².